The molecule has 2 rings (SSSR count). The van der Waals surface area contributed by atoms with Gasteiger partial charge in [-0.05, 0) is 49.2 Å². The molecule has 0 spiro atoms. The van der Waals surface area contributed by atoms with Gasteiger partial charge < -0.3 is 10.5 Å². The molecule has 0 unspecified atom stereocenters. The summed E-state index contributed by atoms with van der Waals surface area (Å²) in [4.78, 5) is 0. The van der Waals surface area contributed by atoms with E-state index in [9.17, 15) is 4.39 Å². The second-order valence-electron chi connectivity index (χ2n) is 4.40. The van der Waals surface area contributed by atoms with E-state index in [4.69, 9.17) is 10.5 Å². The normalized spacial score (nSPS) is 10.4. The van der Waals surface area contributed by atoms with Gasteiger partial charge in [0.1, 0.15) is 11.6 Å². The smallest absolute Gasteiger partial charge is 0.133 e. The predicted octanol–water partition coefficient (Wildman–Crippen LogP) is 3.70. The fourth-order valence-electron chi connectivity index (χ4n) is 2.17. The van der Waals surface area contributed by atoms with E-state index in [0.29, 0.717) is 17.0 Å². The third-order valence-corrected chi connectivity index (χ3v) is 2.93. The van der Waals surface area contributed by atoms with E-state index in [1.54, 1.807) is 19.2 Å². The Balaban J connectivity index is 2.70. The number of hydrogen-bond donors (Lipinski definition) is 1. The maximum atomic E-state index is 14.0. The average molecular weight is 245 g/mol. The van der Waals surface area contributed by atoms with Gasteiger partial charge in [-0.2, -0.15) is 0 Å². The highest BCUT2D eigenvalue weighted by Crippen LogP contribution is 2.36. The molecule has 0 saturated heterocycles. The van der Waals surface area contributed by atoms with Crippen LogP contribution < -0.4 is 10.5 Å². The first-order chi connectivity index (χ1) is 8.52. The highest BCUT2D eigenvalue weighted by atomic mass is 19.1. The van der Waals surface area contributed by atoms with Crippen LogP contribution in [-0.2, 0) is 0 Å². The number of ether oxygens (including phenoxy) is 1. The third-order valence-electron chi connectivity index (χ3n) is 2.93. The number of benzene rings is 2. The van der Waals surface area contributed by atoms with Crippen molar-refractivity contribution >= 4 is 5.69 Å². The van der Waals surface area contributed by atoms with Crippen LogP contribution in [0.1, 0.15) is 11.1 Å². The lowest BCUT2D eigenvalue weighted by Gasteiger charge is -2.14. The van der Waals surface area contributed by atoms with Crippen LogP contribution in [0.4, 0.5) is 10.1 Å². The second kappa shape index (κ2) is 4.69. The second-order valence-corrected chi connectivity index (χ2v) is 4.40. The fourth-order valence-corrected chi connectivity index (χ4v) is 2.17. The first-order valence-electron chi connectivity index (χ1n) is 5.73. The first kappa shape index (κ1) is 12.4. The van der Waals surface area contributed by atoms with Crippen molar-refractivity contribution in [2.24, 2.45) is 0 Å². The molecule has 3 heteroatoms. The topological polar surface area (TPSA) is 35.2 Å². The van der Waals surface area contributed by atoms with E-state index >= 15 is 0 Å². The van der Waals surface area contributed by atoms with Crippen LogP contribution in [-0.4, -0.2) is 7.11 Å². The molecule has 0 heterocycles. The van der Waals surface area contributed by atoms with Crippen molar-refractivity contribution in [2.75, 3.05) is 12.8 Å². The summed E-state index contributed by atoms with van der Waals surface area (Å²) in [6.45, 7) is 3.93. The summed E-state index contributed by atoms with van der Waals surface area (Å²) >= 11 is 0. The van der Waals surface area contributed by atoms with Gasteiger partial charge >= 0.3 is 0 Å². The van der Waals surface area contributed by atoms with Crippen LogP contribution in [0.25, 0.3) is 11.1 Å². The standard InChI is InChI=1S/C15H16FNO/c1-9-6-10(2)15(14(7-9)18-3)12-5-4-11(17)8-13(12)16/h4-8H,17H2,1-3H3. The molecule has 0 atom stereocenters. The molecule has 2 N–H and O–H groups in total. The number of nitrogen functional groups attached to an aromatic ring is 1. The van der Waals surface area contributed by atoms with E-state index in [1.165, 1.54) is 6.07 Å². The lowest BCUT2D eigenvalue weighted by molar-refractivity contribution is 0.415. The van der Waals surface area contributed by atoms with Gasteiger partial charge in [-0.1, -0.05) is 6.07 Å². The Morgan fingerprint density at radius 3 is 2.44 bits per heavy atom. The SMILES string of the molecule is COc1cc(C)cc(C)c1-c1ccc(N)cc1F. The molecule has 0 aromatic heterocycles. The zero-order chi connectivity index (χ0) is 13.3. The quantitative estimate of drug-likeness (QED) is 0.819. The molecule has 0 amide bonds. The van der Waals surface area contributed by atoms with Crippen molar-refractivity contribution in [3.63, 3.8) is 0 Å². The molecule has 2 nitrogen and oxygen atoms in total. The molecule has 2 aromatic rings. The number of nitrogens with two attached hydrogens (primary N) is 1. The van der Waals surface area contributed by atoms with Crippen molar-refractivity contribution in [1.82, 2.24) is 0 Å². The summed E-state index contributed by atoms with van der Waals surface area (Å²) < 4.78 is 19.3. The average Bonchev–Trinajstić information content (AvgIpc) is 2.29. The summed E-state index contributed by atoms with van der Waals surface area (Å²) in [7, 11) is 1.59. The molecular weight excluding hydrogens is 229 g/mol. The number of anilines is 1. The molecule has 0 aliphatic carbocycles. The Kier molecular flexibility index (Phi) is 3.24. The maximum absolute atomic E-state index is 14.0. The minimum Gasteiger partial charge on any atom is -0.496 e. The zero-order valence-corrected chi connectivity index (χ0v) is 10.8. The Morgan fingerprint density at radius 1 is 1.11 bits per heavy atom. The van der Waals surface area contributed by atoms with Gasteiger partial charge in [0.15, 0.2) is 0 Å². The monoisotopic (exact) mass is 245 g/mol. The number of rotatable bonds is 2. The summed E-state index contributed by atoms with van der Waals surface area (Å²) in [5, 5.41) is 0. The molecule has 18 heavy (non-hydrogen) atoms. The fraction of sp³-hybridized carbons (Fsp3) is 0.200. The molecule has 0 aliphatic rings. The minimum absolute atomic E-state index is 0.333. The Bertz CT molecular complexity index is 593. The molecule has 0 aliphatic heterocycles. The van der Waals surface area contributed by atoms with Crippen LogP contribution in [0.5, 0.6) is 5.75 Å². The van der Waals surface area contributed by atoms with Gasteiger partial charge in [-0.3, -0.25) is 0 Å². The van der Waals surface area contributed by atoms with Crippen LogP contribution in [0.15, 0.2) is 30.3 Å². The van der Waals surface area contributed by atoms with Gasteiger partial charge in [0.2, 0.25) is 0 Å². The van der Waals surface area contributed by atoms with E-state index in [1.807, 2.05) is 26.0 Å². The van der Waals surface area contributed by atoms with Crippen molar-refractivity contribution in [1.29, 1.82) is 0 Å². The molecule has 2 aromatic carbocycles. The summed E-state index contributed by atoms with van der Waals surface area (Å²) in [5.41, 5.74) is 9.34. The molecule has 0 fully saturated rings. The zero-order valence-electron chi connectivity index (χ0n) is 10.8. The highest BCUT2D eigenvalue weighted by molar-refractivity contribution is 5.76. The third kappa shape index (κ3) is 2.16. The van der Waals surface area contributed by atoms with Gasteiger partial charge in [0, 0.05) is 16.8 Å². The molecule has 0 radical (unpaired) electrons. The highest BCUT2D eigenvalue weighted by Gasteiger charge is 2.14. The molecule has 94 valence electrons. The summed E-state index contributed by atoms with van der Waals surface area (Å²) in [6, 6.07) is 8.61. The van der Waals surface area contributed by atoms with Crippen LogP contribution in [0.3, 0.4) is 0 Å². The molecular formula is C15H16FNO. The van der Waals surface area contributed by atoms with Crippen molar-refractivity contribution in [3.8, 4) is 16.9 Å². The van der Waals surface area contributed by atoms with E-state index < -0.39 is 0 Å². The Hall–Kier alpha value is -2.03. The Labute approximate surface area is 106 Å². The number of aryl methyl sites for hydroxylation is 2. The predicted molar refractivity (Wildman–Crippen MR) is 72.3 cm³/mol. The summed E-state index contributed by atoms with van der Waals surface area (Å²) in [6.07, 6.45) is 0. The summed E-state index contributed by atoms with van der Waals surface area (Å²) in [5.74, 6) is 0.344. The van der Waals surface area contributed by atoms with Gasteiger partial charge in [-0.25, -0.2) is 4.39 Å². The lowest BCUT2D eigenvalue weighted by Crippen LogP contribution is -1.96. The van der Waals surface area contributed by atoms with Gasteiger partial charge in [-0.15, -0.1) is 0 Å². The molecule has 0 saturated carbocycles. The minimum atomic E-state index is -0.333. The van der Waals surface area contributed by atoms with Crippen molar-refractivity contribution < 1.29 is 9.13 Å². The number of hydrogen-bond acceptors (Lipinski definition) is 2. The number of methoxy groups -OCH3 is 1. The van der Waals surface area contributed by atoms with E-state index in [2.05, 4.69) is 0 Å². The van der Waals surface area contributed by atoms with Crippen LogP contribution in [0.2, 0.25) is 0 Å². The Morgan fingerprint density at radius 2 is 1.83 bits per heavy atom. The first-order valence-corrected chi connectivity index (χ1v) is 5.73. The largest absolute Gasteiger partial charge is 0.496 e. The maximum Gasteiger partial charge on any atom is 0.133 e. The number of halogens is 1. The van der Waals surface area contributed by atoms with Crippen LogP contribution in [0, 0.1) is 19.7 Å². The lowest BCUT2D eigenvalue weighted by atomic mass is 9.97. The van der Waals surface area contributed by atoms with Gasteiger partial charge in [0.25, 0.3) is 0 Å². The van der Waals surface area contributed by atoms with E-state index in [-0.39, 0.29) is 5.82 Å². The van der Waals surface area contributed by atoms with Crippen molar-refractivity contribution in [2.45, 2.75) is 13.8 Å². The van der Waals surface area contributed by atoms with E-state index in [0.717, 1.165) is 16.7 Å². The van der Waals surface area contributed by atoms with Crippen LogP contribution >= 0.6 is 0 Å². The molecule has 0 bridgehead atoms. The van der Waals surface area contributed by atoms with Crippen molar-refractivity contribution in [3.05, 3.63) is 47.3 Å². The van der Waals surface area contributed by atoms with Gasteiger partial charge in [0.05, 0.1) is 7.11 Å².